The van der Waals surface area contributed by atoms with Crippen LogP contribution in [0.2, 0.25) is 0 Å². The highest BCUT2D eigenvalue weighted by Crippen LogP contribution is 2.23. The van der Waals surface area contributed by atoms with Crippen LogP contribution in [0.1, 0.15) is 29.6 Å². The van der Waals surface area contributed by atoms with E-state index in [0.717, 1.165) is 23.6 Å². The van der Waals surface area contributed by atoms with Crippen molar-refractivity contribution in [1.29, 1.82) is 0 Å². The number of nitrogens with one attached hydrogen (secondary N) is 1. The number of ether oxygens (including phenoxy) is 2. The van der Waals surface area contributed by atoms with E-state index in [1.807, 2.05) is 19.2 Å². The van der Waals surface area contributed by atoms with E-state index in [2.05, 4.69) is 10.3 Å². The lowest BCUT2D eigenvalue weighted by Gasteiger charge is -2.34. The van der Waals surface area contributed by atoms with Gasteiger partial charge in [0, 0.05) is 43.2 Å². The number of carbonyl (C=O) groups is 1. The molecule has 1 N–H and O–H groups in total. The van der Waals surface area contributed by atoms with Crippen molar-refractivity contribution >= 4 is 17.4 Å². The fourth-order valence-electron chi connectivity index (χ4n) is 3.02. The first-order valence-corrected chi connectivity index (χ1v) is 10.0. The van der Waals surface area contributed by atoms with Crippen molar-refractivity contribution in [3.05, 3.63) is 45.4 Å². The standard InChI is InChI=1S/C19H23F2N3O3S/c1-3-14-8-22-4-5-24(14)19(25)27-10-16-17(20)6-15(7-18(16)21)26-9-13-11-28-12(2)23-13/h6-7,11,14,22H,3-5,8-10H2,1-2H3. The van der Waals surface area contributed by atoms with Gasteiger partial charge in [-0.05, 0) is 13.3 Å². The van der Waals surface area contributed by atoms with E-state index in [-0.39, 0.29) is 24.0 Å². The molecule has 3 rings (SSSR count). The summed E-state index contributed by atoms with van der Waals surface area (Å²) in [6, 6.07) is 2.19. The first-order valence-electron chi connectivity index (χ1n) is 9.13. The van der Waals surface area contributed by atoms with Crippen molar-refractivity contribution in [1.82, 2.24) is 15.2 Å². The predicted molar refractivity (Wildman–Crippen MR) is 101 cm³/mol. The van der Waals surface area contributed by atoms with Gasteiger partial charge in [-0.1, -0.05) is 6.92 Å². The first-order chi connectivity index (χ1) is 13.5. The number of piperazine rings is 1. The monoisotopic (exact) mass is 411 g/mol. The van der Waals surface area contributed by atoms with E-state index < -0.39 is 24.3 Å². The van der Waals surface area contributed by atoms with Crippen LogP contribution in [0.5, 0.6) is 5.75 Å². The Labute approximate surface area is 166 Å². The molecule has 152 valence electrons. The summed E-state index contributed by atoms with van der Waals surface area (Å²) in [5, 5.41) is 5.93. The number of rotatable bonds is 6. The van der Waals surface area contributed by atoms with Gasteiger partial charge in [0.1, 0.15) is 30.6 Å². The summed E-state index contributed by atoms with van der Waals surface area (Å²) in [5.74, 6) is -1.57. The van der Waals surface area contributed by atoms with E-state index in [4.69, 9.17) is 9.47 Å². The Bertz CT molecular complexity index is 808. The number of nitrogens with zero attached hydrogens (tertiary/aromatic N) is 2. The Kier molecular flexibility index (Phi) is 6.79. The highest BCUT2D eigenvalue weighted by molar-refractivity contribution is 7.09. The first kappa shape index (κ1) is 20.5. The van der Waals surface area contributed by atoms with Gasteiger partial charge in [-0.2, -0.15) is 0 Å². The zero-order valence-electron chi connectivity index (χ0n) is 15.8. The molecule has 1 aromatic carbocycles. The molecule has 0 bridgehead atoms. The minimum atomic E-state index is -0.815. The molecule has 1 aliphatic heterocycles. The lowest BCUT2D eigenvalue weighted by molar-refractivity contribution is 0.0699. The molecule has 0 aliphatic carbocycles. The summed E-state index contributed by atoms with van der Waals surface area (Å²) in [6.45, 7) is 5.35. The van der Waals surface area contributed by atoms with Crippen LogP contribution in [0.4, 0.5) is 13.6 Å². The maximum Gasteiger partial charge on any atom is 0.410 e. The number of benzene rings is 1. The van der Waals surface area contributed by atoms with Crippen molar-refractivity contribution in [3.8, 4) is 5.75 Å². The van der Waals surface area contributed by atoms with Crippen LogP contribution in [0.3, 0.4) is 0 Å². The molecule has 0 spiro atoms. The smallest absolute Gasteiger partial charge is 0.410 e. The molecule has 1 atom stereocenters. The van der Waals surface area contributed by atoms with E-state index >= 15 is 0 Å². The lowest BCUT2D eigenvalue weighted by Crippen LogP contribution is -2.53. The minimum Gasteiger partial charge on any atom is -0.487 e. The third kappa shape index (κ3) is 4.96. The summed E-state index contributed by atoms with van der Waals surface area (Å²) in [4.78, 5) is 18.1. The number of thiazole rings is 1. The molecular weight excluding hydrogens is 388 g/mol. The van der Waals surface area contributed by atoms with E-state index in [1.54, 1.807) is 4.90 Å². The average Bonchev–Trinajstić information content (AvgIpc) is 3.10. The molecular formula is C19H23F2N3O3S. The molecule has 2 heterocycles. The largest absolute Gasteiger partial charge is 0.487 e. The summed E-state index contributed by atoms with van der Waals surface area (Å²) in [7, 11) is 0. The third-order valence-corrected chi connectivity index (χ3v) is 5.39. The van der Waals surface area contributed by atoms with E-state index in [0.29, 0.717) is 25.3 Å². The number of hydrogen-bond acceptors (Lipinski definition) is 6. The number of amides is 1. The predicted octanol–water partition coefficient (Wildman–Crippen LogP) is 3.63. The Morgan fingerprint density at radius 1 is 1.36 bits per heavy atom. The van der Waals surface area contributed by atoms with Crippen LogP contribution in [0.25, 0.3) is 0 Å². The summed E-state index contributed by atoms with van der Waals surface area (Å²) in [5.41, 5.74) is 0.399. The topological polar surface area (TPSA) is 63.7 Å². The molecule has 1 saturated heterocycles. The summed E-state index contributed by atoms with van der Waals surface area (Å²) >= 11 is 1.48. The van der Waals surface area contributed by atoms with Gasteiger partial charge in [0.2, 0.25) is 0 Å². The minimum absolute atomic E-state index is 0.0149. The van der Waals surface area contributed by atoms with Crippen molar-refractivity contribution in [2.45, 2.75) is 39.5 Å². The number of hydrogen-bond donors (Lipinski definition) is 1. The molecule has 0 radical (unpaired) electrons. The van der Waals surface area contributed by atoms with Crippen molar-refractivity contribution in [2.75, 3.05) is 19.6 Å². The maximum absolute atomic E-state index is 14.3. The number of carbonyl (C=O) groups excluding carboxylic acids is 1. The van der Waals surface area contributed by atoms with E-state index in [9.17, 15) is 13.6 Å². The van der Waals surface area contributed by atoms with Gasteiger partial charge in [-0.15, -0.1) is 11.3 Å². The van der Waals surface area contributed by atoms with Crippen LogP contribution in [0.15, 0.2) is 17.5 Å². The van der Waals surface area contributed by atoms with Gasteiger partial charge in [-0.25, -0.2) is 18.6 Å². The molecule has 1 fully saturated rings. The van der Waals surface area contributed by atoms with Gasteiger partial charge in [0.05, 0.1) is 16.3 Å². The molecule has 2 aromatic rings. The normalized spacial score (nSPS) is 16.9. The Balaban J connectivity index is 1.60. The third-order valence-electron chi connectivity index (χ3n) is 4.56. The second-order valence-electron chi connectivity index (χ2n) is 6.53. The molecule has 1 aromatic heterocycles. The quantitative estimate of drug-likeness (QED) is 0.787. The SMILES string of the molecule is CCC1CNCCN1C(=O)OCc1c(F)cc(OCc2csc(C)n2)cc1F. The van der Waals surface area contributed by atoms with Crippen molar-refractivity contribution < 1.29 is 23.0 Å². The fraction of sp³-hybridized carbons (Fsp3) is 0.474. The lowest BCUT2D eigenvalue weighted by atomic mass is 10.1. The maximum atomic E-state index is 14.3. The Morgan fingerprint density at radius 3 is 2.75 bits per heavy atom. The number of aromatic nitrogens is 1. The molecule has 28 heavy (non-hydrogen) atoms. The van der Waals surface area contributed by atoms with Crippen molar-refractivity contribution in [3.63, 3.8) is 0 Å². The van der Waals surface area contributed by atoms with Gasteiger partial charge >= 0.3 is 6.09 Å². The average molecular weight is 411 g/mol. The molecule has 1 unspecified atom stereocenters. The molecule has 1 aliphatic rings. The van der Waals surface area contributed by atoms with Crippen molar-refractivity contribution in [2.24, 2.45) is 0 Å². The van der Waals surface area contributed by atoms with E-state index in [1.165, 1.54) is 11.3 Å². The molecule has 1 amide bonds. The Morgan fingerprint density at radius 2 is 2.11 bits per heavy atom. The van der Waals surface area contributed by atoms with Gasteiger partial charge in [0.25, 0.3) is 0 Å². The molecule has 9 heteroatoms. The second-order valence-corrected chi connectivity index (χ2v) is 7.59. The molecule has 0 saturated carbocycles. The van der Waals surface area contributed by atoms with Crippen LogP contribution in [-0.2, 0) is 18.0 Å². The zero-order chi connectivity index (χ0) is 20.1. The fourth-order valence-corrected chi connectivity index (χ4v) is 3.61. The number of aryl methyl sites for hydroxylation is 1. The van der Waals surface area contributed by atoms with Crippen LogP contribution in [0, 0.1) is 18.6 Å². The van der Waals surface area contributed by atoms with Gasteiger partial charge < -0.3 is 19.7 Å². The number of halogens is 2. The molecule has 6 nitrogen and oxygen atoms in total. The van der Waals surface area contributed by atoms with Crippen LogP contribution < -0.4 is 10.1 Å². The summed E-state index contributed by atoms with van der Waals surface area (Å²) in [6.07, 6.45) is 0.210. The second kappa shape index (κ2) is 9.29. The van der Waals surface area contributed by atoms with Gasteiger partial charge in [0.15, 0.2) is 0 Å². The highest BCUT2D eigenvalue weighted by atomic mass is 32.1. The van der Waals surface area contributed by atoms with Crippen LogP contribution in [-0.4, -0.2) is 41.7 Å². The van der Waals surface area contributed by atoms with Crippen LogP contribution >= 0.6 is 11.3 Å². The highest BCUT2D eigenvalue weighted by Gasteiger charge is 2.27. The Hall–Kier alpha value is -2.26. The summed E-state index contributed by atoms with van der Waals surface area (Å²) < 4.78 is 39.2. The zero-order valence-corrected chi connectivity index (χ0v) is 16.7. The van der Waals surface area contributed by atoms with Gasteiger partial charge in [-0.3, -0.25) is 0 Å².